The molecule has 2 aliphatic rings. The first kappa shape index (κ1) is 30.9. The fraction of sp³-hybridized carbons (Fsp3) is 0.200. The van der Waals surface area contributed by atoms with Crippen molar-refractivity contribution in [2.24, 2.45) is 5.92 Å². The van der Waals surface area contributed by atoms with Crippen LogP contribution in [0.1, 0.15) is 21.9 Å². The number of hydrogen-bond donors (Lipinski definition) is 2. The van der Waals surface area contributed by atoms with Crippen LogP contribution in [0, 0.1) is 5.92 Å². The number of rotatable bonds is 7. The Bertz CT molecular complexity index is 1880. The third-order valence-electron chi connectivity index (χ3n) is 7.29. The van der Waals surface area contributed by atoms with E-state index >= 15 is 0 Å². The maximum absolute atomic E-state index is 14.0. The van der Waals surface area contributed by atoms with E-state index in [4.69, 9.17) is 9.47 Å². The number of thiazole rings is 1. The number of carbonyl (C=O) groups is 3. The van der Waals surface area contributed by atoms with E-state index in [1.54, 1.807) is 42.5 Å². The van der Waals surface area contributed by atoms with Gasteiger partial charge in [-0.05, 0) is 60.7 Å². The molecule has 0 saturated carbocycles. The van der Waals surface area contributed by atoms with E-state index in [9.17, 15) is 32.3 Å². The molecule has 3 unspecified atom stereocenters. The summed E-state index contributed by atoms with van der Waals surface area (Å²) < 4.78 is 51.0. The summed E-state index contributed by atoms with van der Waals surface area (Å²) in [7, 11) is 1.50. The van der Waals surface area contributed by atoms with Gasteiger partial charge in [-0.1, -0.05) is 45.1 Å². The number of benzene rings is 3. The third-order valence-corrected chi connectivity index (χ3v) is 10.2. The fourth-order valence-corrected chi connectivity index (χ4v) is 8.23. The van der Waals surface area contributed by atoms with E-state index in [2.05, 4.69) is 26.2 Å². The monoisotopic (exact) mass is 719 g/mol. The number of thioether (sulfide) groups is 1. The Balaban J connectivity index is 1.32. The molecule has 45 heavy (non-hydrogen) atoms. The Morgan fingerprint density at radius 1 is 1.04 bits per heavy atom. The molecule has 0 radical (unpaired) electrons. The summed E-state index contributed by atoms with van der Waals surface area (Å²) in [6.07, 6.45) is -4.58. The molecule has 3 aromatic carbocycles. The molecule has 3 heterocycles. The van der Waals surface area contributed by atoms with Gasteiger partial charge < -0.3 is 19.8 Å². The molecule has 1 aromatic heterocycles. The van der Waals surface area contributed by atoms with Crippen molar-refractivity contribution in [2.45, 2.75) is 22.4 Å². The first-order valence-electron chi connectivity index (χ1n) is 13.3. The van der Waals surface area contributed by atoms with Crippen LogP contribution >= 0.6 is 39.0 Å². The lowest BCUT2D eigenvalue weighted by atomic mass is 9.82. The number of ether oxygens (including phenoxy) is 2. The molecule has 1 saturated heterocycles. The van der Waals surface area contributed by atoms with Crippen LogP contribution in [0.15, 0.2) is 81.0 Å². The zero-order valence-electron chi connectivity index (χ0n) is 23.0. The lowest BCUT2D eigenvalue weighted by Gasteiger charge is -2.31. The number of H-pyrrole nitrogens is 1. The van der Waals surface area contributed by atoms with Crippen LogP contribution in [-0.2, 0) is 20.6 Å². The summed E-state index contributed by atoms with van der Waals surface area (Å²) in [6, 6.07) is 15.6. The smallest absolute Gasteiger partial charge is 0.416 e. The van der Waals surface area contributed by atoms with Crippen LogP contribution in [-0.4, -0.2) is 41.7 Å². The van der Waals surface area contributed by atoms with Gasteiger partial charge in [0.25, 0.3) is 5.91 Å². The molecule has 1 fully saturated rings. The van der Waals surface area contributed by atoms with Crippen molar-refractivity contribution in [2.75, 3.05) is 23.9 Å². The first-order valence-corrected chi connectivity index (χ1v) is 15.7. The number of amides is 3. The number of anilines is 2. The minimum Gasteiger partial charge on any atom is -0.497 e. The highest BCUT2D eigenvalue weighted by Gasteiger charge is 2.57. The number of methoxy groups -OCH3 is 1. The molecular weight excluding hydrogens is 699 g/mol. The predicted molar refractivity (Wildman–Crippen MR) is 165 cm³/mol. The number of nitrogens with zero attached hydrogens (tertiary/aromatic N) is 1. The first-order chi connectivity index (χ1) is 21.4. The number of hydrogen-bond acceptors (Lipinski definition) is 8. The van der Waals surface area contributed by atoms with Crippen molar-refractivity contribution >= 4 is 68.1 Å². The van der Waals surface area contributed by atoms with E-state index in [0.717, 1.165) is 40.1 Å². The quantitative estimate of drug-likeness (QED) is 0.224. The Morgan fingerprint density at radius 2 is 1.80 bits per heavy atom. The van der Waals surface area contributed by atoms with Gasteiger partial charge in [-0.2, -0.15) is 13.2 Å². The lowest BCUT2D eigenvalue weighted by molar-refractivity contribution is -0.137. The SMILES string of the molecule is COc1ccc(N2C(=O)C3Sc4[nH]c(=O)sc4C(c4cc(Br)ccc4OCC(=O)Nc4cccc(C(F)(F)F)c4)C3C2=O)cc1. The normalized spacial score (nSPS) is 19.2. The lowest BCUT2D eigenvalue weighted by Crippen LogP contribution is -2.32. The van der Waals surface area contributed by atoms with E-state index in [1.165, 1.54) is 19.2 Å². The maximum atomic E-state index is 14.0. The van der Waals surface area contributed by atoms with E-state index in [-0.39, 0.29) is 16.3 Å². The van der Waals surface area contributed by atoms with Crippen molar-refractivity contribution in [1.29, 1.82) is 0 Å². The molecule has 3 atom stereocenters. The van der Waals surface area contributed by atoms with Crippen molar-refractivity contribution in [1.82, 2.24) is 4.98 Å². The Kier molecular flexibility index (Phi) is 8.26. The van der Waals surface area contributed by atoms with Crippen LogP contribution in [0.25, 0.3) is 0 Å². The summed E-state index contributed by atoms with van der Waals surface area (Å²) in [6.45, 7) is -0.568. The molecule has 0 spiro atoms. The summed E-state index contributed by atoms with van der Waals surface area (Å²) in [5.41, 5.74) is -0.159. The van der Waals surface area contributed by atoms with E-state index in [0.29, 0.717) is 31.4 Å². The standard InChI is InChI=1S/C30H21BrF3N3O6S2/c1-42-18-8-6-17(7-9-18)37-27(39)23-22(24-26(36-29(41)45-24)44-25(23)28(37)40)19-12-15(31)5-10-20(19)43-13-21(38)35-16-4-2-3-14(11-16)30(32,33)34/h2-12,22-23,25H,13H2,1H3,(H,35,38)(H,36,41). The van der Waals surface area contributed by atoms with Gasteiger partial charge in [-0.3, -0.25) is 19.2 Å². The molecule has 15 heteroatoms. The van der Waals surface area contributed by atoms with Gasteiger partial charge in [0.2, 0.25) is 11.8 Å². The Hall–Kier alpha value is -4.08. The Morgan fingerprint density at radius 3 is 2.51 bits per heavy atom. The average Bonchev–Trinajstić information content (AvgIpc) is 3.50. The number of alkyl halides is 3. The molecule has 9 nitrogen and oxygen atoms in total. The van der Waals surface area contributed by atoms with Crippen molar-refractivity contribution < 1.29 is 37.0 Å². The third kappa shape index (κ3) is 5.99. The van der Waals surface area contributed by atoms with E-state index < -0.39 is 53.2 Å². The van der Waals surface area contributed by atoms with Gasteiger partial charge in [-0.25, -0.2) is 4.90 Å². The van der Waals surface area contributed by atoms with Crippen molar-refractivity contribution in [3.63, 3.8) is 0 Å². The maximum Gasteiger partial charge on any atom is 0.416 e. The number of imide groups is 1. The van der Waals surface area contributed by atoms with Gasteiger partial charge in [0.15, 0.2) is 6.61 Å². The van der Waals surface area contributed by atoms with Crippen LogP contribution < -0.4 is 24.6 Å². The van der Waals surface area contributed by atoms with Crippen LogP contribution in [0.2, 0.25) is 0 Å². The number of fused-ring (bicyclic) bond motifs is 2. The fourth-order valence-electron chi connectivity index (χ4n) is 5.35. The number of nitrogens with one attached hydrogen (secondary N) is 2. The van der Waals surface area contributed by atoms with E-state index in [1.807, 2.05) is 0 Å². The number of carbonyl (C=O) groups excluding carboxylic acids is 3. The number of aromatic amines is 1. The summed E-state index contributed by atoms with van der Waals surface area (Å²) >= 11 is 5.48. The second kappa shape index (κ2) is 12.0. The highest BCUT2D eigenvalue weighted by Crippen LogP contribution is 2.54. The summed E-state index contributed by atoms with van der Waals surface area (Å²) in [4.78, 5) is 57.1. The molecule has 0 aliphatic carbocycles. The molecular formula is C30H21BrF3N3O6S2. The predicted octanol–water partition coefficient (Wildman–Crippen LogP) is 6.04. The summed E-state index contributed by atoms with van der Waals surface area (Å²) in [5, 5.41) is 2.00. The molecule has 2 N–H and O–H groups in total. The second-order valence-electron chi connectivity index (χ2n) is 10.1. The zero-order valence-corrected chi connectivity index (χ0v) is 26.2. The second-order valence-corrected chi connectivity index (χ2v) is 13.1. The minimum absolute atomic E-state index is 0.0583. The van der Waals surface area contributed by atoms with Crippen molar-refractivity contribution in [3.8, 4) is 11.5 Å². The largest absolute Gasteiger partial charge is 0.497 e. The van der Waals surface area contributed by atoms with Gasteiger partial charge in [0.05, 0.1) is 29.3 Å². The zero-order chi connectivity index (χ0) is 32.0. The van der Waals surface area contributed by atoms with Gasteiger partial charge in [0.1, 0.15) is 16.7 Å². The van der Waals surface area contributed by atoms with Crippen molar-refractivity contribution in [3.05, 3.63) is 96.9 Å². The summed E-state index contributed by atoms with van der Waals surface area (Å²) in [5.74, 6) is -2.59. The van der Waals surface area contributed by atoms with Crippen LogP contribution in [0.5, 0.6) is 11.5 Å². The van der Waals surface area contributed by atoms with Crippen LogP contribution in [0.3, 0.4) is 0 Å². The molecule has 3 amide bonds. The molecule has 232 valence electrons. The molecule has 2 aliphatic heterocycles. The minimum atomic E-state index is -4.58. The Labute approximate surface area is 269 Å². The number of aromatic nitrogens is 1. The van der Waals surface area contributed by atoms with Gasteiger partial charge >= 0.3 is 11.0 Å². The molecule has 6 rings (SSSR count). The highest BCUT2D eigenvalue weighted by molar-refractivity contribution is 9.10. The molecule has 0 bridgehead atoms. The van der Waals surface area contributed by atoms with Gasteiger partial charge in [-0.15, -0.1) is 0 Å². The highest BCUT2D eigenvalue weighted by atomic mass is 79.9. The topological polar surface area (TPSA) is 118 Å². The van der Waals surface area contributed by atoms with Gasteiger partial charge in [0, 0.05) is 26.5 Å². The number of halogens is 4. The average molecular weight is 721 g/mol. The molecule has 4 aromatic rings. The van der Waals surface area contributed by atoms with Crippen LogP contribution in [0.4, 0.5) is 24.5 Å².